The Morgan fingerprint density at radius 3 is 2.67 bits per heavy atom. The Morgan fingerprint density at radius 1 is 1.27 bits per heavy atom. The van der Waals surface area contributed by atoms with Gasteiger partial charge in [0.2, 0.25) is 5.91 Å². The molecule has 0 radical (unpaired) electrons. The standard InChI is InChI=1S/C21H29N5O4/c1-21(2,3)30-20(28)25(16-6-4-5-7-16)18-10-11-22-26(18)24-17(27)12-15-13-29-19(23-15)14-8-9-14/h10-11,13-14,16H,4-9,12H2,1-3H3,(H,24,27). The first-order valence-electron chi connectivity index (χ1n) is 10.6. The molecule has 0 unspecified atom stereocenters. The lowest BCUT2D eigenvalue weighted by Crippen LogP contribution is -2.44. The maximum atomic E-state index is 13.0. The van der Waals surface area contributed by atoms with Crippen molar-refractivity contribution >= 4 is 17.8 Å². The van der Waals surface area contributed by atoms with E-state index in [9.17, 15) is 9.59 Å². The van der Waals surface area contributed by atoms with Crippen LogP contribution in [0.3, 0.4) is 0 Å². The number of nitrogens with one attached hydrogen (secondary N) is 1. The minimum absolute atomic E-state index is 0.0174. The highest BCUT2D eigenvalue weighted by atomic mass is 16.6. The molecule has 2 aliphatic rings. The van der Waals surface area contributed by atoms with E-state index in [0.29, 0.717) is 23.3 Å². The van der Waals surface area contributed by atoms with Gasteiger partial charge in [-0.25, -0.2) is 15.2 Å². The highest BCUT2D eigenvalue weighted by Crippen LogP contribution is 2.39. The lowest BCUT2D eigenvalue weighted by atomic mass is 10.2. The van der Waals surface area contributed by atoms with Crippen LogP contribution in [0.5, 0.6) is 0 Å². The zero-order valence-corrected chi connectivity index (χ0v) is 17.8. The molecule has 1 N–H and O–H groups in total. The summed E-state index contributed by atoms with van der Waals surface area (Å²) in [6.07, 6.45) is 8.80. The monoisotopic (exact) mass is 415 g/mol. The number of aromatic nitrogens is 3. The topological polar surface area (TPSA) is 102 Å². The normalized spacial score (nSPS) is 17.2. The van der Waals surface area contributed by atoms with Gasteiger partial charge in [-0.05, 0) is 46.5 Å². The summed E-state index contributed by atoms with van der Waals surface area (Å²) in [6, 6.07) is 1.73. The minimum Gasteiger partial charge on any atom is -0.448 e. The molecule has 162 valence electrons. The van der Waals surface area contributed by atoms with Crippen LogP contribution in [0.1, 0.15) is 76.8 Å². The van der Waals surface area contributed by atoms with E-state index < -0.39 is 11.7 Å². The summed E-state index contributed by atoms with van der Waals surface area (Å²) in [5.41, 5.74) is 2.72. The summed E-state index contributed by atoms with van der Waals surface area (Å²) in [5, 5.41) is 4.20. The molecule has 4 rings (SSSR count). The molecule has 0 aliphatic heterocycles. The molecule has 30 heavy (non-hydrogen) atoms. The molecule has 2 aliphatic carbocycles. The van der Waals surface area contributed by atoms with Crippen molar-refractivity contribution in [3.63, 3.8) is 0 Å². The van der Waals surface area contributed by atoms with Crippen LogP contribution in [0.2, 0.25) is 0 Å². The summed E-state index contributed by atoms with van der Waals surface area (Å²) in [6.45, 7) is 5.51. The number of hydrogen-bond acceptors (Lipinski definition) is 6. The quantitative estimate of drug-likeness (QED) is 0.771. The predicted octanol–water partition coefficient (Wildman–Crippen LogP) is 3.75. The van der Waals surface area contributed by atoms with Gasteiger partial charge in [0.1, 0.15) is 11.9 Å². The lowest BCUT2D eigenvalue weighted by Gasteiger charge is -2.31. The molecular formula is C21H29N5O4. The van der Waals surface area contributed by atoms with Gasteiger partial charge in [0.25, 0.3) is 0 Å². The summed E-state index contributed by atoms with van der Waals surface area (Å²) >= 11 is 0. The van der Waals surface area contributed by atoms with E-state index in [0.717, 1.165) is 38.5 Å². The first kappa shape index (κ1) is 20.4. The van der Waals surface area contributed by atoms with Gasteiger partial charge < -0.3 is 9.15 Å². The fourth-order valence-corrected chi connectivity index (χ4v) is 3.71. The number of carbonyl (C=O) groups excluding carboxylic acids is 2. The third kappa shape index (κ3) is 4.83. The van der Waals surface area contributed by atoms with Gasteiger partial charge in [0.05, 0.1) is 18.3 Å². The van der Waals surface area contributed by atoms with Crippen LogP contribution < -0.4 is 10.3 Å². The first-order valence-corrected chi connectivity index (χ1v) is 10.6. The molecule has 0 aromatic carbocycles. The predicted molar refractivity (Wildman–Crippen MR) is 110 cm³/mol. The number of ether oxygens (including phenoxy) is 1. The molecule has 2 saturated carbocycles. The van der Waals surface area contributed by atoms with Gasteiger partial charge in [0, 0.05) is 18.0 Å². The van der Waals surface area contributed by atoms with E-state index in [1.807, 2.05) is 20.8 Å². The Labute approximate surface area is 175 Å². The van der Waals surface area contributed by atoms with E-state index in [1.165, 1.54) is 11.1 Å². The zero-order chi connectivity index (χ0) is 21.3. The second-order valence-corrected chi connectivity index (χ2v) is 9.05. The molecular weight excluding hydrogens is 386 g/mol. The van der Waals surface area contributed by atoms with Gasteiger partial charge in [-0.1, -0.05) is 12.8 Å². The Morgan fingerprint density at radius 2 is 2.00 bits per heavy atom. The zero-order valence-electron chi connectivity index (χ0n) is 17.8. The molecule has 0 atom stereocenters. The Balaban J connectivity index is 1.48. The number of amides is 2. The molecule has 0 saturated heterocycles. The molecule has 0 bridgehead atoms. The van der Waals surface area contributed by atoms with Crippen LogP contribution in [0.15, 0.2) is 22.9 Å². The van der Waals surface area contributed by atoms with Crippen LogP contribution in [0.4, 0.5) is 10.6 Å². The van der Waals surface area contributed by atoms with Crippen molar-refractivity contribution in [1.29, 1.82) is 0 Å². The van der Waals surface area contributed by atoms with Crippen LogP contribution >= 0.6 is 0 Å². The molecule has 2 amide bonds. The summed E-state index contributed by atoms with van der Waals surface area (Å²) < 4.78 is 11.1. The second kappa shape index (κ2) is 8.12. The fourth-order valence-electron chi connectivity index (χ4n) is 3.71. The lowest BCUT2D eigenvalue weighted by molar-refractivity contribution is -0.116. The first-order chi connectivity index (χ1) is 14.3. The van der Waals surface area contributed by atoms with Crippen molar-refractivity contribution in [3.05, 3.63) is 30.1 Å². The van der Waals surface area contributed by atoms with Crippen LogP contribution in [-0.2, 0) is 16.0 Å². The van der Waals surface area contributed by atoms with Crippen LogP contribution in [-0.4, -0.2) is 38.5 Å². The molecule has 0 spiro atoms. The highest BCUT2D eigenvalue weighted by Gasteiger charge is 2.34. The van der Waals surface area contributed by atoms with Gasteiger partial charge in [-0.15, -0.1) is 0 Å². The highest BCUT2D eigenvalue weighted by molar-refractivity contribution is 5.89. The third-order valence-corrected chi connectivity index (χ3v) is 5.22. The summed E-state index contributed by atoms with van der Waals surface area (Å²) in [7, 11) is 0. The third-order valence-electron chi connectivity index (χ3n) is 5.22. The molecule has 9 nitrogen and oxygen atoms in total. The molecule has 2 heterocycles. The number of rotatable bonds is 6. The van der Waals surface area contributed by atoms with Crippen molar-refractivity contribution < 1.29 is 18.7 Å². The SMILES string of the molecule is CC(C)(C)OC(=O)N(c1ccnn1NC(=O)Cc1coc(C2CC2)n1)C1CCCC1. The van der Waals surface area contributed by atoms with Crippen molar-refractivity contribution in [2.24, 2.45) is 0 Å². The molecule has 9 heteroatoms. The van der Waals surface area contributed by atoms with Crippen LogP contribution in [0.25, 0.3) is 0 Å². The van der Waals surface area contributed by atoms with E-state index in [-0.39, 0.29) is 18.4 Å². The molecule has 2 aromatic rings. The number of oxazole rings is 1. The Bertz CT molecular complexity index is 903. The maximum absolute atomic E-state index is 13.0. The summed E-state index contributed by atoms with van der Waals surface area (Å²) in [5.74, 6) is 1.30. The van der Waals surface area contributed by atoms with Crippen molar-refractivity contribution in [3.8, 4) is 0 Å². The van der Waals surface area contributed by atoms with Gasteiger partial charge >= 0.3 is 6.09 Å². The minimum atomic E-state index is -0.617. The average molecular weight is 415 g/mol. The smallest absolute Gasteiger partial charge is 0.416 e. The summed E-state index contributed by atoms with van der Waals surface area (Å²) in [4.78, 5) is 32.9. The van der Waals surface area contributed by atoms with E-state index in [1.54, 1.807) is 17.2 Å². The largest absolute Gasteiger partial charge is 0.448 e. The van der Waals surface area contributed by atoms with E-state index in [2.05, 4.69) is 15.5 Å². The number of nitrogens with zero attached hydrogens (tertiary/aromatic N) is 4. The maximum Gasteiger partial charge on any atom is 0.416 e. The van der Waals surface area contributed by atoms with Gasteiger partial charge in [-0.3, -0.25) is 9.69 Å². The molecule has 2 aromatic heterocycles. The van der Waals surface area contributed by atoms with Crippen molar-refractivity contribution in [1.82, 2.24) is 14.9 Å². The van der Waals surface area contributed by atoms with Crippen molar-refractivity contribution in [2.75, 3.05) is 10.3 Å². The Hall–Kier alpha value is -2.84. The fraction of sp³-hybridized carbons (Fsp3) is 0.619. The Kier molecular flexibility index (Phi) is 5.53. The van der Waals surface area contributed by atoms with E-state index >= 15 is 0 Å². The van der Waals surface area contributed by atoms with Crippen LogP contribution in [0, 0.1) is 0 Å². The van der Waals surface area contributed by atoms with E-state index in [4.69, 9.17) is 9.15 Å². The number of hydrogen-bond donors (Lipinski definition) is 1. The van der Waals surface area contributed by atoms with Gasteiger partial charge in [0.15, 0.2) is 11.7 Å². The number of anilines is 1. The average Bonchev–Trinajstić information content (AvgIpc) is 3.04. The van der Waals surface area contributed by atoms with Crippen molar-refractivity contribution in [2.45, 2.75) is 83.3 Å². The molecule has 2 fully saturated rings. The van der Waals surface area contributed by atoms with Gasteiger partial charge in [-0.2, -0.15) is 9.89 Å². The second-order valence-electron chi connectivity index (χ2n) is 9.05. The number of carbonyl (C=O) groups is 2.